The van der Waals surface area contributed by atoms with Crippen LogP contribution in [0, 0.1) is 0 Å². The number of aromatic nitrogens is 2. The predicted molar refractivity (Wildman–Crippen MR) is 67.0 cm³/mol. The monoisotopic (exact) mass is 322 g/mol. The van der Waals surface area contributed by atoms with Crippen molar-refractivity contribution in [3.8, 4) is 0 Å². The van der Waals surface area contributed by atoms with Gasteiger partial charge in [0, 0.05) is 10.4 Å². The number of hydrogen-bond acceptors (Lipinski definition) is 8. The minimum absolute atomic E-state index is 0.0403. The van der Waals surface area contributed by atoms with Crippen LogP contribution >= 0.6 is 0 Å². The number of hydrazine groups is 2. The molecule has 0 spiro atoms. The zero-order chi connectivity index (χ0) is 16.5. The average Bonchev–Trinajstić information content (AvgIpc) is 2.37. The van der Waals surface area contributed by atoms with E-state index in [9.17, 15) is 0 Å². The summed E-state index contributed by atoms with van der Waals surface area (Å²) in [6.07, 6.45) is 1.60. The van der Waals surface area contributed by atoms with E-state index in [4.69, 9.17) is 40.7 Å². The number of rotatable bonds is 2. The molecule has 0 aliphatic carbocycles. The zero-order valence-corrected chi connectivity index (χ0v) is 11.2. The average molecular weight is 322 g/mol. The third-order valence-corrected chi connectivity index (χ3v) is 1.47. The summed E-state index contributed by atoms with van der Waals surface area (Å²) in [5.41, 5.74) is 15.2. The first-order valence-electron chi connectivity index (χ1n) is 4.88. The lowest BCUT2D eigenvalue weighted by Crippen LogP contribution is -2.76. The van der Waals surface area contributed by atoms with Gasteiger partial charge in [-0.2, -0.15) is 9.98 Å². The molecule has 1 rings (SSSR count). The van der Waals surface area contributed by atoms with Gasteiger partial charge in [-0.1, -0.05) is 0 Å². The highest BCUT2D eigenvalue weighted by Gasteiger charge is 2.14. The van der Waals surface area contributed by atoms with Crippen LogP contribution in [0.4, 0.5) is 11.8 Å². The molecule has 0 aliphatic rings. The number of guanidine groups is 2. The zero-order valence-electron chi connectivity index (χ0n) is 10.4. The van der Waals surface area contributed by atoms with Crippen LogP contribution in [0.15, 0.2) is 17.3 Å². The van der Waals surface area contributed by atoms with Crippen LogP contribution in [0.5, 0.6) is 0 Å². The van der Waals surface area contributed by atoms with Crippen LogP contribution in [0.25, 0.3) is 0 Å². The Morgan fingerprint density at radius 2 is 1.90 bits per heavy atom. The molecule has 14 nitrogen and oxygen atoms in total. The highest BCUT2D eigenvalue weighted by Crippen LogP contribution is 2.03. The number of hydrogen-bond donors (Lipinski definition) is 7. The van der Waals surface area contributed by atoms with Gasteiger partial charge in [-0.05, 0) is 0 Å². The van der Waals surface area contributed by atoms with Crippen molar-refractivity contribution in [2.45, 2.75) is 0 Å². The third-order valence-electron chi connectivity index (χ3n) is 1.47. The summed E-state index contributed by atoms with van der Waals surface area (Å²) >= 11 is 0. The summed E-state index contributed by atoms with van der Waals surface area (Å²) in [5.74, 6) is 11.0. The van der Waals surface area contributed by atoms with Crippen molar-refractivity contribution in [3.63, 3.8) is 0 Å². The van der Waals surface area contributed by atoms with Gasteiger partial charge >= 0.3 is 17.7 Å². The molecule has 0 aromatic carbocycles. The smallest absolute Gasteiger partial charge is 0.582 e. The van der Waals surface area contributed by atoms with E-state index >= 15 is 0 Å². The molecule has 0 unspecified atom stereocenters. The molecule has 0 saturated carbocycles. The predicted octanol–water partition coefficient (Wildman–Crippen LogP) is -6.54. The molecular weight excluding hydrogens is 308 g/mol. The SMILES string of the molecule is NNC(N)=Nc1cc[nH+]c(/[NH+]=C(\N)NN)n1.O=S(=O)([O-])[O-]. The minimum Gasteiger partial charge on any atom is -0.759 e. The van der Waals surface area contributed by atoms with Crippen molar-refractivity contribution < 1.29 is 27.5 Å². The Morgan fingerprint density at radius 1 is 1.33 bits per heavy atom. The van der Waals surface area contributed by atoms with Gasteiger partial charge in [0.05, 0.1) is 11.1 Å². The van der Waals surface area contributed by atoms with Gasteiger partial charge in [0.1, 0.15) is 6.20 Å². The molecule has 1 aromatic rings. The Hall–Kier alpha value is -2.59. The molecule has 0 aliphatic heterocycles. The van der Waals surface area contributed by atoms with Gasteiger partial charge in [0.25, 0.3) is 0 Å². The number of aromatic amines is 1. The quantitative estimate of drug-likeness (QED) is 0.0671. The van der Waals surface area contributed by atoms with E-state index in [2.05, 4.69) is 30.8 Å². The van der Waals surface area contributed by atoms with Gasteiger partial charge in [-0.15, -0.1) is 4.99 Å². The maximum absolute atomic E-state index is 8.52. The Labute approximate surface area is 118 Å². The molecule has 0 atom stereocenters. The maximum Gasteiger partial charge on any atom is 0.582 e. The van der Waals surface area contributed by atoms with Gasteiger partial charge in [0.2, 0.25) is 5.96 Å². The van der Waals surface area contributed by atoms with Gasteiger partial charge in [-0.25, -0.2) is 11.7 Å². The van der Waals surface area contributed by atoms with Crippen molar-refractivity contribution in [1.29, 1.82) is 0 Å². The first-order valence-corrected chi connectivity index (χ1v) is 6.21. The Bertz CT molecular complexity index is 570. The van der Waals surface area contributed by atoms with Crippen LogP contribution in [-0.2, 0) is 10.4 Å². The van der Waals surface area contributed by atoms with Crippen LogP contribution in [-0.4, -0.2) is 34.4 Å². The molecule has 1 heterocycles. The molecule has 0 fully saturated rings. The van der Waals surface area contributed by atoms with Crippen LogP contribution in [0.3, 0.4) is 0 Å². The Kier molecular flexibility index (Phi) is 7.50. The lowest BCUT2D eigenvalue weighted by Gasteiger charge is -2.06. The van der Waals surface area contributed by atoms with E-state index in [0.717, 1.165) is 0 Å². The molecule has 21 heavy (non-hydrogen) atoms. The van der Waals surface area contributed by atoms with Crippen molar-refractivity contribution in [2.75, 3.05) is 0 Å². The summed E-state index contributed by atoms with van der Waals surface area (Å²) in [7, 11) is -5.17. The number of nitrogens with zero attached hydrogens (tertiary/aromatic N) is 2. The summed E-state index contributed by atoms with van der Waals surface area (Å²) in [6.45, 7) is 0. The molecule has 15 heteroatoms. The molecule has 0 bridgehead atoms. The number of nitrogens with two attached hydrogens (primary N) is 4. The van der Waals surface area contributed by atoms with E-state index < -0.39 is 10.4 Å². The normalized spacial score (nSPS) is 12.2. The lowest BCUT2D eigenvalue weighted by atomic mass is 10.6. The number of nitrogens with one attached hydrogen (secondary N) is 4. The van der Waals surface area contributed by atoms with E-state index in [-0.39, 0.29) is 11.9 Å². The van der Waals surface area contributed by atoms with E-state index in [0.29, 0.717) is 11.8 Å². The van der Waals surface area contributed by atoms with Crippen molar-refractivity contribution in [2.24, 2.45) is 28.1 Å². The standard InChI is InChI=1S/C6H12N10.H2O4S/c7-4(15-9)12-3-1-2-11-6(13-3)14-5(8)16-10;1-5(2,3)4/h1-2H,9-10H2,(H6,7,8,11,12,13,14,15,16);(H2,1,2,3,4). The second-order valence-electron chi connectivity index (χ2n) is 3.03. The summed E-state index contributed by atoms with van der Waals surface area (Å²) in [4.78, 5) is 13.3. The summed E-state index contributed by atoms with van der Waals surface area (Å²) in [6, 6.07) is 1.60. The molecule has 0 radical (unpaired) electrons. The summed E-state index contributed by atoms with van der Waals surface area (Å²) in [5, 5.41) is 0. The second kappa shape index (κ2) is 8.55. The molecule has 12 N–H and O–H groups in total. The largest absolute Gasteiger partial charge is 0.759 e. The van der Waals surface area contributed by atoms with Crippen LogP contribution < -0.4 is 44.0 Å². The fourth-order valence-corrected chi connectivity index (χ4v) is 0.825. The first kappa shape index (κ1) is 18.4. The topological polar surface area (TPSA) is 262 Å². The third kappa shape index (κ3) is 11.0. The van der Waals surface area contributed by atoms with Gasteiger partial charge in [0.15, 0.2) is 0 Å². The molecular formula is C6H14N10O4S. The Balaban J connectivity index is 0.000000690. The van der Waals surface area contributed by atoms with Crippen molar-refractivity contribution >= 4 is 34.1 Å². The van der Waals surface area contributed by atoms with E-state index in [1.807, 2.05) is 0 Å². The highest BCUT2D eigenvalue weighted by atomic mass is 32.3. The van der Waals surface area contributed by atoms with Crippen molar-refractivity contribution in [3.05, 3.63) is 12.3 Å². The molecule has 1 aromatic heterocycles. The molecule has 118 valence electrons. The molecule has 0 amide bonds. The maximum atomic E-state index is 8.52. The fourth-order valence-electron chi connectivity index (χ4n) is 0.825. The van der Waals surface area contributed by atoms with E-state index in [1.54, 1.807) is 12.3 Å². The van der Waals surface area contributed by atoms with E-state index in [1.165, 1.54) is 0 Å². The molecule has 0 saturated heterocycles. The Morgan fingerprint density at radius 3 is 2.38 bits per heavy atom. The summed E-state index contributed by atoms with van der Waals surface area (Å²) < 4.78 is 34.1. The first-order chi connectivity index (χ1) is 9.65. The van der Waals surface area contributed by atoms with Crippen LogP contribution in [0.2, 0.25) is 0 Å². The van der Waals surface area contributed by atoms with Crippen LogP contribution in [0.1, 0.15) is 0 Å². The minimum atomic E-state index is -5.17. The second-order valence-corrected chi connectivity index (χ2v) is 3.85. The number of aliphatic imine (C=N–C) groups is 1. The highest BCUT2D eigenvalue weighted by molar-refractivity contribution is 7.79. The van der Waals surface area contributed by atoms with Crippen molar-refractivity contribution in [1.82, 2.24) is 15.8 Å². The lowest BCUT2D eigenvalue weighted by molar-refractivity contribution is -0.524. The number of H-pyrrole nitrogens is 1. The fraction of sp³-hybridized carbons (Fsp3) is 0. The van der Waals surface area contributed by atoms with Gasteiger partial charge < -0.3 is 20.6 Å². The van der Waals surface area contributed by atoms with Gasteiger partial charge in [-0.3, -0.25) is 19.3 Å².